The van der Waals surface area contributed by atoms with Gasteiger partial charge in [-0.05, 0) is 26.7 Å². The highest BCUT2D eigenvalue weighted by atomic mass is 15.5. The minimum Gasteiger partial charge on any atom is -0.295 e. The lowest BCUT2D eigenvalue weighted by Crippen LogP contribution is -2.25. The van der Waals surface area contributed by atoms with Gasteiger partial charge in [-0.2, -0.15) is 5.10 Å². The van der Waals surface area contributed by atoms with E-state index in [0.29, 0.717) is 12.0 Å². The van der Waals surface area contributed by atoms with Crippen LogP contribution in [0.25, 0.3) is 0 Å². The van der Waals surface area contributed by atoms with Crippen LogP contribution in [-0.2, 0) is 0 Å². The van der Waals surface area contributed by atoms with Crippen molar-refractivity contribution in [2.75, 3.05) is 6.54 Å². The molecule has 0 radical (unpaired) electrons. The van der Waals surface area contributed by atoms with Gasteiger partial charge in [0, 0.05) is 18.8 Å². The summed E-state index contributed by atoms with van der Waals surface area (Å²) in [6.07, 6.45) is 1.99. The Morgan fingerprint density at radius 2 is 1.82 bits per heavy atom. The van der Waals surface area contributed by atoms with Crippen LogP contribution < -0.4 is 0 Å². The first-order valence-electron chi connectivity index (χ1n) is 4.38. The second-order valence-corrected chi connectivity index (χ2v) is 3.36. The van der Waals surface area contributed by atoms with E-state index >= 15 is 0 Å². The van der Waals surface area contributed by atoms with Crippen molar-refractivity contribution in [3.8, 4) is 0 Å². The summed E-state index contributed by atoms with van der Waals surface area (Å²) in [5.41, 5.74) is 0. The molecule has 0 aromatic heterocycles. The molecule has 2 heteroatoms. The molecule has 2 nitrogen and oxygen atoms in total. The Bertz CT molecular complexity index is 117. The van der Waals surface area contributed by atoms with E-state index in [0.717, 1.165) is 6.54 Å². The molecule has 0 unspecified atom stereocenters. The quantitative estimate of drug-likeness (QED) is 0.450. The van der Waals surface area contributed by atoms with Crippen molar-refractivity contribution in [1.29, 1.82) is 0 Å². The molecule has 0 fully saturated rings. The number of rotatable bonds is 4. The maximum absolute atomic E-state index is 4.35. The first-order valence-corrected chi connectivity index (χ1v) is 4.38. The van der Waals surface area contributed by atoms with E-state index in [1.54, 1.807) is 0 Å². The van der Waals surface area contributed by atoms with Crippen LogP contribution in [-0.4, -0.2) is 23.8 Å². The van der Waals surface area contributed by atoms with Gasteiger partial charge in [0.15, 0.2) is 0 Å². The molecular weight excluding hydrogens is 136 g/mol. The van der Waals surface area contributed by atoms with Gasteiger partial charge in [0.2, 0.25) is 0 Å². The standard InChI is InChI=1S/C9H20N2/c1-6-11(9(4)5)10-7-8(2)3/h7-9H,6H2,1-5H3/b10-7-. The van der Waals surface area contributed by atoms with E-state index in [4.69, 9.17) is 0 Å². The molecule has 11 heavy (non-hydrogen) atoms. The fourth-order valence-corrected chi connectivity index (χ4v) is 0.799. The lowest BCUT2D eigenvalue weighted by atomic mass is 10.3. The van der Waals surface area contributed by atoms with Gasteiger partial charge in [-0.3, -0.25) is 5.01 Å². The third-order valence-corrected chi connectivity index (χ3v) is 1.43. The average Bonchev–Trinajstić information content (AvgIpc) is 1.87. The predicted molar refractivity (Wildman–Crippen MR) is 50.8 cm³/mol. The molecule has 0 N–H and O–H groups in total. The fourth-order valence-electron chi connectivity index (χ4n) is 0.799. The van der Waals surface area contributed by atoms with Gasteiger partial charge in [-0.25, -0.2) is 0 Å². The Hall–Kier alpha value is -0.530. The highest BCUT2D eigenvalue weighted by Crippen LogP contribution is 1.98. The SMILES string of the molecule is CCN(/N=C\C(C)C)C(C)C. The molecule has 0 aliphatic heterocycles. The first kappa shape index (κ1) is 10.5. The lowest BCUT2D eigenvalue weighted by Gasteiger charge is -2.21. The van der Waals surface area contributed by atoms with Crippen molar-refractivity contribution in [1.82, 2.24) is 5.01 Å². The maximum atomic E-state index is 4.35. The van der Waals surface area contributed by atoms with Crippen LogP contribution in [0.5, 0.6) is 0 Å². The fraction of sp³-hybridized carbons (Fsp3) is 0.889. The van der Waals surface area contributed by atoms with Crippen LogP contribution in [0.2, 0.25) is 0 Å². The van der Waals surface area contributed by atoms with E-state index in [-0.39, 0.29) is 0 Å². The van der Waals surface area contributed by atoms with Gasteiger partial charge in [-0.15, -0.1) is 0 Å². The highest BCUT2D eigenvalue weighted by molar-refractivity contribution is 5.59. The van der Waals surface area contributed by atoms with Crippen molar-refractivity contribution in [3.05, 3.63) is 0 Å². The van der Waals surface area contributed by atoms with Gasteiger partial charge < -0.3 is 0 Å². The van der Waals surface area contributed by atoms with E-state index in [2.05, 4.69) is 44.7 Å². The van der Waals surface area contributed by atoms with E-state index in [9.17, 15) is 0 Å². The minimum atomic E-state index is 0.509. The summed E-state index contributed by atoms with van der Waals surface area (Å²) >= 11 is 0. The number of hydrogen-bond donors (Lipinski definition) is 0. The summed E-state index contributed by atoms with van der Waals surface area (Å²) in [4.78, 5) is 0. The van der Waals surface area contributed by atoms with E-state index in [1.165, 1.54) is 0 Å². The van der Waals surface area contributed by atoms with Crippen LogP contribution in [0.3, 0.4) is 0 Å². The van der Waals surface area contributed by atoms with Crippen molar-refractivity contribution in [3.63, 3.8) is 0 Å². The monoisotopic (exact) mass is 156 g/mol. The molecule has 0 atom stereocenters. The van der Waals surface area contributed by atoms with Crippen molar-refractivity contribution in [2.45, 2.75) is 40.7 Å². The minimum absolute atomic E-state index is 0.509. The molecule has 0 aliphatic carbocycles. The normalized spacial score (nSPS) is 11.9. The molecule has 0 aromatic rings. The summed E-state index contributed by atoms with van der Waals surface area (Å²) in [7, 11) is 0. The topological polar surface area (TPSA) is 15.6 Å². The number of nitrogens with zero attached hydrogens (tertiary/aromatic N) is 2. The van der Waals surface area contributed by atoms with Crippen molar-refractivity contribution >= 4 is 6.21 Å². The molecule has 0 rings (SSSR count). The Morgan fingerprint density at radius 1 is 1.27 bits per heavy atom. The Labute approximate surface area is 70.3 Å². The van der Waals surface area contributed by atoms with Gasteiger partial charge in [-0.1, -0.05) is 13.8 Å². The second kappa shape index (κ2) is 5.16. The van der Waals surface area contributed by atoms with Crippen LogP contribution in [0.4, 0.5) is 0 Å². The molecule has 0 aromatic carbocycles. The largest absolute Gasteiger partial charge is 0.295 e. The zero-order chi connectivity index (χ0) is 8.85. The molecule has 0 amide bonds. The summed E-state index contributed by atoms with van der Waals surface area (Å²) in [5, 5.41) is 6.43. The Kier molecular flexibility index (Phi) is 4.92. The van der Waals surface area contributed by atoms with Crippen LogP contribution in [0.15, 0.2) is 5.10 Å². The summed E-state index contributed by atoms with van der Waals surface area (Å²) in [6.45, 7) is 11.7. The zero-order valence-corrected chi connectivity index (χ0v) is 8.33. The highest BCUT2D eigenvalue weighted by Gasteiger charge is 2.00. The van der Waals surface area contributed by atoms with Gasteiger partial charge in [0.1, 0.15) is 0 Å². The molecule has 0 aliphatic rings. The van der Waals surface area contributed by atoms with Crippen LogP contribution in [0.1, 0.15) is 34.6 Å². The molecule has 0 saturated carbocycles. The Morgan fingerprint density at radius 3 is 2.09 bits per heavy atom. The lowest BCUT2D eigenvalue weighted by molar-refractivity contribution is 0.246. The van der Waals surface area contributed by atoms with Gasteiger partial charge in [0.25, 0.3) is 0 Å². The maximum Gasteiger partial charge on any atom is 0.0414 e. The summed E-state index contributed by atoms with van der Waals surface area (Å²) in [6, 6.07) is 0.509. The molecule has 0 bridgehead atoms. The molecule has 0 spiro atoms. The number of hydrazone groups is 1. The Balaban J connectivity index is 3.87. The third-order valence-electron chi connectivity index (χ3n) is 1.43. The van der Waals surface area contributed by atoms with E-state index in [1.807, 2.05) is 6.21 Å². The predicted octanol–water partition coefficient (Wildman–Crippen LogP) is 2.36. The van der Waals surface area contributed by atoms with Crippen LogP contribution in [0, 0.1) is 5.92 Å². The smallest absolute Gasteiger partial charge is 0.0414 e. The van der Waals surface area contributed by atoms with Gasteiger partial charge >= 0.3 is 0 Å². The second-order valence-electron chi connectivity index (χ2n) is 3.36. The molecule has 66 valence electrons. The number of hydrogen-bond acceptors (Lipinski definition) is 2. The third kappa shape index (κ3) is 4.82. The zero-order valence-electron chi connectivity index (χ0n) is 8.33. The first-order chi connectivity index (χ1) is 5.07. The van der Waals surface area contributed by atoms with Crippen molar-refractivity contribution < 1.29 is 0 Å². The summed E-state index contributed by atoms with van der Waals surface area (Å²) < 4.78 is 0. The van der Waals surface area contributed by atoms with Crippen molar-refractivity contribution in [2.24, 2.45) is 11.0 Å². The van der Waals surface area contributed by atoms with Gasteiger partial charge in [0.05, 0.1) is 0 Å². The van der Waals surface area contributed by atoms with E-state index < -0.39 is 0 Å². The average molecular weight is 156 g/mol. The molecule has 0 saturated heterocycles. The molecular formula is C9H20N2. The summed E-state index contributed by atoms with van der Waals surface area (Å²) in [5.74, 6) is 0.544. The molecule has 0 heterocycles. The van der Waals surface area contributed by atoms with Crippen LogP contribution >= 0.6 is 0 Å².